The number of rotatable bonds is 5. The largest absolute Gasteiger partial charge is 0.326 e. The molecule has 0 radical (unpaired) electrons. The number of benzene rings is 1. The number of hydrogen-bond donors (Lipinski definition) is 1. The summed E-state index contributed by atoms with van der Waals surface area (Å²) in [5.74, 6) is -2.11. The SMILES string of the molecule is Cc1ccc(C(=O)CCC(=O)Nc2cc(F)cc(F)c2)s1. The normalized spacial score (nSPS) is 10.4. The van der Waals surface area contributed by atoms with E-state index in [1.807, 2.05) is 13.0 Å². The zero-order valence-corrected chi connectivity index (χ0v) is 12.1. The summed E-state index contributed by atoms with van der Waals surface area (Å²) in [5.41, 5.74) is 0.0388. The number of Topliss-reactive ketones (excluding diaryl/α,β-unsaturated/α-hetero) is 1. The predicted octanol–water partition coefficient (Wildman–Crippen LogP) is 3.94. The first-order chi connectivity index (χ1) is 9.94. The van der Waals surface area contributed by atoms with Crippen LogP contribution in [0.15, 0.2) is 30.3 Å². The molecule has 1 heterocycles. The lowest BCUT2D eigenvalue weighted by Crippen LogP contribution is -2.13. The lowest BCUT2D eigenvalue weighted by atomic mass is 10.2. The Morgan fingerprint density at radius 3 is 2.33 bits per heavy atom. The van der Waals surface area contributed by atoms with Gasteiger partial charge in [-0.05, 0) is 31.2 Å². The summed E-state index contributed by atoms with van der Waals surface area (Å²) in [6.07, 6.45) is 0.0253. The van der Waals surface area contributed by atoms with Crippen LogP contribution in [0.25, 0.3) is 0 Å². The van der Waals surface area contributed by atoms with E-state index >= 15 is 0 Å². The number of carbonyl (C=O) groups is 2. The van der Waals surface area contributed by atoms with Crippen LogP contribution < -0.4 is 5.32 Å². The summed E-state index contributed by atoms with van der Waals surface area (Å²) in [4.78, 5) is 25.1. The lowest BCUT2D eigenvalue weighted by Gasteiger charge is -2.05. The minimum absolute atomic E-state index is 0.0338. The topological polar surface area (TPSA) is 46.2 Å². The standard InChI is InChI=1S/C15H13F2NO2S/c1-9-2-4-14(21-9)13(19)3-5-15(20)18-12-7-10(16)6-11(17)8-12/h2,4,6-8H,3,5H2,1H3,(H,18,20). The van der Waals surface area contributed by atoms with Gasteiger partial charge in [-0.1, -0.05) is 0 Å². The second-order valence-electron chi connectivity index (χ2n) is 4.54. The highest BCUT2D eigenvalue weighted by Crippen LogP contribution is 2.18. The highest BCUT2D eigenvalue weighted by Gasteiger charge is 2.12. The van der Waals surface area contributed by atoms with E-state index in [2.05, 4.69) is 5.32 Å². The molecule has 21 heavy (non-hydrogen) atoms. The van der Waals surface area contributed by atoms with Crippen LogP contribution in [0, 0.1) is 18.6 Å². The highest BCUT2D eigenvalue weighted by molar-refractivity contribution is 7.14. The third kappa shape index (κ3) is 4.46. The molecule has 1 amide bonds. The second-order valence-corrected chi connectivity index (χ2v) is 5.83. The van der Waals surface area contributed by atoms with E-state index in [1.54, 1.807) is 6.07 Å². The van der Waals surface area contributed by atoms with Gasteiger partial charge in [-0.15, -0.1) is 11.3 Å². The number of carbonyl (C=O) groups excluding carboxylic acids is 2. The Kier molecular flexibility index (Phi) is 4.80. The fraction of sp³-hybridized carbons (Fsp3) is 0.200. The van der Waals surface area contributed by atoms with Crippen molar-refractivity contribution in [1.29, 1.82) is 0 Å². The molecule has 110 valence electrons. The molecule has 6 heteroatoms. The molecule has 0 saturated carbocycles. The van der Waals surface area contributed by atoms with Crippen molar-refractivity contribution in [2.45, 2.75) is 19.8 Å². The van der Waals surface area contributed by atoms with Gasteiger partial charge in [-0.2, -0.15) is 0 Å². The Balaban J connectivity index is 1.88. The third-order valence-corrected chi connectivity index (χ3v) is 3.78. The van der Waals surface area contributed by atoms with Gasteiger partial charge in [-0.3, -0.25) is 9.59 Å². The second kappa shape index (κ2) is 6.58. The molecule has 0 saturated heterocycles. The predicted molar refractivity (Wildman–Crippen MR) is 77.6 cm³/mol. The average molecular weight is 309 g/mol. The maximum absolute atomic E-state index is 13.0. The molecule has 0 bridgehead atoms. The van der Waals surface area contributed by atoms with Gasteiger partial charge in [0.05, 0.1) is 4.88 Å². The lowest BCUT2D eigenvalue weighted by molar-refractivity contribution is -0.116. The van der Waals surface area contributed by atoms with E-state index < -0.39 is 17.5 Å². The van der Waals surface area contributed by atoms with Gasteiger partial charge in [0.2, 0.25) is 5.91 Å². The Morgan fingerprint density at radius 2 is 1.76 bits per heavy atom. The van der Waals surface area contributed by atoms with Crippen molar-refractivity contribution < 1.29 is 18.4 Å². The number of hydrogen-bond acceptors (Lipinski definition) is 3. The molecule has 2 aromatic rings. The fourth-order valence-electron chi connectivity index (χ4n) is 1.78. The van der Waals surface area contributed by atoms with Crippen LogP contribution >= 0.6 is 11.3 Å². The Bertz CT molecular complexity index is 662. The van der Waals surface area contributed by atoms with Gasteiger partial charge in [-0.25, -0.2) is 8.78 Å². The monoisotopic (exact) mass is 309 g/mol. The molecule has 0 aliphatic carbocycles. The molecule has 1 aromatic heterocycles. The number of nitrogens with one attached hydrogen (secondary N) is 1. The van der Waals surface area contributed by atoms with Crippen LogP contribution in [0.2, 0.25) is 0 Å². The van der Waals surface area contributed by atoms with Gasteiger partial charge in [0.15, 0.2) is 5.78 Å². The van der Waals surface area contributed by atoms with Gasteiger partial charge in [0.25, 0.3) is 0 Å². The van der Waals surface area contributed by atoms with E-state index in [0.29, 0.717) is 4.88 Å². The summed E-state index contributed by atoms with van der Waals surface area (Å²) in [6, 6.07) is 6.32. The molecule has 0 aliphatic rings. The van der Waals surface area contributed by atoms with E-state index in [4.69, 9.17) is 0 Å². The summed E-state index contributed by atoms with van der Waals surface area (Å²) < 4.78 is 25.9. The molecule has 0 spiro atoms. The zero-order valence-electron chi connectivity index (χ0n) is 11.3. The molecule has 1 N–H and O–H groups in total. The van der Waals surface area contributed by atoms with Crippen molar-refractivity contribution in [2.75, 3.05) is 5.32 Å². The maximum atomic E-state index is 13.0. The van der Waals surface area contributed by atoms with E-state index in [9.17, 15) is 18.4 Å². The van der Waals surface area contributed by atoms with Gasteiger partial charge < -0.3 is 5.32 Å². The van der Waals surface area contributed by atoms with Crippen molar-refractivity contribution in [2.24, 2.45) is 0 Å². The van der Waals surface area contributed by atoms with Crippen molar-refractivity contribution in [3.63, 3.8) is 0 Å². The van der Waals surface area contributed by atoms with Gasteiger partial charge in [0, 0.05) is 29.5 Å². The maximum Gasteiger partial charge on any atom is 0.224 e. The Morgan fingerprint density at radius 1 is 1.10 bits per heavy atom. The quantitative estimate of drug-likeness (QED) is 0.850. The summed E-state index contributed by atoms with van der Waals surface area (Å²) in [7, 11) is 0. The smallest absolute Gasteiger partial charge is 0.224 e. The number of halogens is 2. The van der Waals surface area contributed by atoms with E-state index in [-0.39, 0.29) is 24.3 Å². The number of thiophene rings is 1. The first-order valence-corrected chi connectivity index (χ1v) is 7.11. The molecule has 0 unspecified atom stereocenters. The van der Waals surface area contributed by atoms with Crippen molar-refractivity contribution in [3.8, 4) is 0 Å². The number of anilines is 1. The Hall–Kier alpha value is -2.08. The molecule has 0 atom stereocenters. The van der Waals surface area contributed by atoms with Crippen LogP contribution in [-0.2, 0) is 4.79 Å². The third-order valence-electron chi connectivity index (χ3n) is 2.74. The van der Waals surface area contributed by atoms with E-state index in [1.165, 1.54) is 11.3 Å². The zero-order chi connectivity index (χ0) is 15.4. The Labute approximate surface area is 124 Å². The molecular formula is C15H13F2NO2S. The fourth-order valence-corrected chi connectivity index (χ4v) is 2.62. The molecule has 0 fully saturated rings. The van der Waals surface area contributed by atoms with Crippen LogP contribution in [0.1, 0.15) is 27.4 Å². The van der Waals surface area contributed by atoms with Crippen LogP contribution in [0.5, 0.6) is 0 Å². The number of amides is 1. The van der Waals surface area contributed by atoms with Crippen LogP contribution in [0.3, 0.4) is 0 Å². The number of aryl methyl sites for hydroxylation is 1. The minimum Gasteiger partial charge on any atom is -0.326 e. The molecule has 1 aromatic carbocycles. The highest BCUT2D eigenvalue weighted by atomic mass is 32.1. The van der Waals surface area contributed by atoms with Crippen molar-refractivity contribution in [3.05, 3.63) is 51.7 Å². The van der Waals surface area contributed by atoms with Gasteiger partial charge >= 0.3 is 0 Å². The summed E-state index contributed by atoms with van der Waals surface area (Å²) in [6.45, 7) is 1.90. The summed E-state index contributed by atoms with van der Waals surface area (Å²) in [5, 5.41) is 2.37. The first-order valence-electron chi connectivity index (χ1n) is 6.29. The first kappa shape index (κ1) is 15.3. The molecule has 2 rings (SSSR count). The van der Waals surface area contributed by atoms with Crippen molar-refractivity contribution in [1.82, 2.24) is 0 Å². The summed E-state index contributed by atoms with van der Waals surface area (Å²) >= 11 is 1.37. The molecule has 0 aliphatic heterocycles. The van der Waals surface area contributed by atoms with Crippen LogP contribution in [-0.4, -0.2) is 11.7 Å². The van der Waals surface area contributed by atoms with E-state index in [0.717, 1.165) is 23.1 Å². The van der Waals surface area contributed by atoms with Gasteiger partial charge in [0.1, 0.15) is 11.6 Å². The number of ketones is 1. The molecular weight excluding hydrogens is 296 g/mol. The molecule has 3 nitrogen and oxygen atoms in total. The van der Waals surface area contributed by atoms with Crippen molar-refractivity contribution >= 4 is 28.7 Å². The average Bonchev–Trinajstić information content (AvgIpc) is 2.81. The van der Waals surface area contributed by atoms with Crippen LogP contribution in [0.4, 0.5) is 14.5 Å². The minimum atomic E-state index is -0.768.